The highest BCUT2D eigenvalue weighted by molar-refractivity contribution is 5.94. The fraction of sp³-hybridized carbons (Fsp3) is 0.400. The third kappa shape index (κ3) is 1.84. The van der Waals surface area contributed by atoms with Gasteiger partial charge < -0.3 is 11.1 Å². The monoisotopic (exact) mass is 191 g/mol. The first-order valence-electron chi connectivity index (χ1n) is 4.78. The predicted octanol–water partition coefficient (Wildman–Crippen LogP) is 0.946. The lowest BCUT2D eigenvalue weighted by atomic mass is 9.93. The van der Waals surface area contributed by atoms with E-state index in [1.54, 1.807) is 12.1 Å². The highest BCUT2D eigenvalue weighted by atomic mass is 16.1. The van der Waals surface area contributed by atoms with Crippen molar-refractivity contribution in [2.75, 3.05) is 5.73 Å². The number of aromatic nitrogens is 1. The lowest BCUT2D eigenvalue weighted by molar-refractivity contribution is 0.0916. The van der Waals surface area contributed by atoms with E-state index in [-0.39, 0.29) is 5.91 Å². The van der Waals surface area contributed by atoms with Crippen molar-refractivity contribution in [1.82, 2.24) is 10.3 Å². The third-order valence-corrected chi connectivity index (χ3v) is 2.49. The predicted molar refractivity (Wildman–Crippen MR) is 53.8 cm³/mol. The van der Waals surface area contributed by atoms with Gasteiger partial charge in [-0.05, 0) is 31.4 Å². The van der Waals surface area contributed by atoms with Crippen LogP contribution in [0.2, 0.25) is 0 Å². The van der Waals surface area contributed by atoms with Crippen LogP contribution in [-0.4, -0.2) is 16.9 Å². The van der Waals surface area contributed by atoms with Gasteiger partial charge in [0, 0.05) is 12.2 Å². The molecule has 1 aromatic rings. The molecule has 0 bridgehead atoms. The van der Waals surface area contributed by atoms with E-state index in [4.69, 9.17) is 5.73 Å². The molecule has 1 aromatic heterocycles. The molecule has 14 heavy (non-hydrogen) atoms. The third-order valence-electron chi connectivity index (χ3n) is 2.49. The maximum atomic E-state index is 11.6. The molecule has 74 valence electrons. The molecule has 3 N–H and O–H groups in total. The average Bonchev–Trinajstić information content (AvgIpc) is 2.12. The number of nitrogen functional groups attached to an aromatic ring is 1. The van der Waals surface area contributed by atoms with Crippen LogP contribution in [0.15, 0.2) is 18.3 Å². The average molecular weight is 191 g/mol. The molecule has 0 unspecified atom stereocenters. The highest BCUT2D eigenvalue weighted by Gasteiger charge is 2.19. The van der Waals surface area contributed by atoms with Gasteiger partial charge in [0.2, 0.25) is 0 Å². The Bertz CT molecular complexity index is 330. The summed E-state index contributed by atoms with van der Waals surface area (Å²) >= 11 is 0. The Balaban J connectivity index is 1.99. The number of carbonyl (C=O) groups excluding carboxylic acids is 1. The Labute approximate surface area is 82.5 Å². The first-order chi connectivity index (χ1) is 6.75. The van der Waals surface area contributed by atoms with Crippen molar-refractivity contribution >= 4 is 11.7 Å². The molecule has 4 nitrogen and oxygen atoms in total. The van der Waals surface area contributed by atoms with Gasteiger partial charge in [0.25, 0.3) is 5.91 Å². The largest absolute Gasteiger partial charge is 0.384 e. The fourth-order valence-electron chi connectivity index (χ4n) is 1.36. The van der Waals surface area contributed by atoms with E-state index in [0.717, 1.165) is 12.8 Å². The SMILES string of the molecule is Nc1ccc(C(=O)NC2CCC2)cn1. The molecule has 0 spiro atoms. The van der Waals surface area contributed by atoms with E-state index < -0.39 is 0 Å². The van der Waals surface area contributed by atoms with Crippen molar-refractivity contribution in [3.8, 4) is 0 Å². The molecular formula is C10H13N3O. The van der Waals surface area contributed by atoms with Gasteiger partial charge in [0.1, 0.15) is 5.82 Å². The van der Waals surface area contributed by atoms with E-state index in [2.05, 4.69) is 10.3 Å². The number of anilines is 1. The van der Waals surface area contributed by atoms with Crippen LogP contribution in [0, 0.1) is 0 Å². The second kappa shape index (κ2) is 3.65. The molecule has 1 saturated carbocycles. The minimum Gasteiger partial charge on any atom is -0.384 e. The highest BCUT2D eigenvalue weighted by Crippen LogP contribution is 2.18. The number of rotatable bonds is 2. The summed E-state index contributed by atoms with van der Waals surface area (Å²) in [5.41, 5.74) is 6.00. The number of amides is 1. The number of carbonyl (C=O) groups is 1. The van der Waals surface area contributed by atoms with Crippen LogP contribution < -0.4 is 11.1 Å². The quantitative estimate of drug-likeness (QED) is 0.731. The van der Waals surface area contributed by atoms with Crippen LogP contribution in [0.3, 0.4) is 0 Å². The Morgan fingerprint density at radius 2 is 2.29 bits per heavy atom. The van der Waals surface area contributed by atoms with Gasteiger partial charge in [0.15, 0.2) is 0 Å². The standard InChI is InChI=1S/C10H13N3O/c11-9-5-4-7(6-12-9)10(14)13-8-2-1-3-8/h4-6,8H,1-3H2,(H2,11,12)(H,13,14). The van der Waals surface area contributed by atoms with Gasteiger partial charge >= 0.3 is 0 Å². The van der Waals surface area contributed by atoms with E-state index in [0.29, 0.717) is 17.4 Å². The first-order valence-corrected chi connectivity index (χ1v) is 4.78. The van der Waals surface area contributed by atoms with Crippen LogP contribution in [0.5, 0.6) is 0 Å². The zero-order chi connectivity index (χ0) is 9.97. The summed E-state index contributed by atoms with van der Waals surface area (Å²) in [6, 6.07) is 3.69. The normalized spacial score (nSPS) is 16.0. The molecule has 2 rings (SSSR count). The number of nitrogens with zero attached hydrogens (tertiary/aromatic N) is 1. The summed E-state index contributed by atoms with van der Waals surface area (Å²) in [7, 11) is 0. The minimum absolute atomic E-state index is 0.0535. The molecular weight excluding hydrogens is 178 g/mol. The molecule has 1 heterocycles. The van der Waals surface area contributed by atoms with Crippen molar-refractivity contribution in [2.45, 2.75) is 25.3 Å². The fourth-order valence-corrected chi connectivity index (χ4v) is 1.36. The number of nitrogens with two attached hydrogens (primary N) is 1. The molecule has 1 amide bonds. The van der Waals surface area contributed by atoms with Crippen LogP contribution in [-0.2, 0) is 0 Å². The first kappa shape index (κ1) is 8.99. The number of nitrogens with one attached hydrogen (secondary N) is 1. The second-order valence-electron chi connectivity index (χ2n) is 3.57. The Morgan fingerprint density at radius 3 is 2.79 bits per heavy atom. The summed E-state index contributed by atoms with van der Waals surface area (Å²) in [5, 5.41) is 2.93. The van der Waals surface area contributed by atoms with Crippen molar-refractivity contribution in [2.24, 2.45) is 0 Å². The number of hydrogen-bond donors (Lipinski definition) is 2. The summed E-state index contributed by atoms with van der Waals surface area (Å²) < 4.78 is 0. The smallest absolute Gasteiger partial charge is 0.253 e. The van der Waals surface area contributed by atoms with Gasteiger partial charge in [-0.1, -0.05) is 0 Å². The van der Waals surface area contributed by atoms with Crippen LogP contribution in [0.1, 0.15) is 29.6 Å². The van der Waals surface area contributed by atoms with Gasteiger partial charge in [-0.15, -0.1) is 0 Å². The molecule has 1 aliphatic carbocycles. The molecule has 4 heteroatoms. The van der Waals surface area contributed by atoms with E-state index in [1.165, 1.54) is 12.6 Å². The van der Waals surface area contributed by atoms with Crippen molar-refractivity contribution < 1.29 is 4.79 Å². The Kier molecular flexibility index (Phi) is 2.35. The maximum Gasteiger partial charge on any atom is 0.253 e. The lowest BCUT2D eigenvalue weighted by Gasteiger charge is -2.26. The topological polar surface area (TPSA) is 68.0 Å². The van der Waals surface area contributed by atoms with Crippen molar-refractivity contribution in [3.63, 3.8) is 0 Å². The number of hydrogen-bond acceptors (Lipinski definition) is 3. The molecule has 0 saturated heterocycles. The lowest BCUT2D eigenvalue weighted by Crippen LogP contribution is -2.39. The molecule has 0 atom stereocenters. The molecule has 0 aliphatic heterocycles. The van der Waals surface area contributed by atoms with Crippen LogP contribution in [0.25, 0.3) is 0 Å². The Hall–Kier alpha value is -1.58. The van der Waals surface area contributed by atoms with E-state index >= 15 is 0 Å². The molecule has 0 aromatic carbocycles. The van der Waals surface area contributed by atoms with Gasteiger partial charge in [0.05, 0.1) is 5.56 Å². The van der Waals surface area contributed by atoms with Gasteiger partial charge in [-0.2, -0.15) is 0 Å². The van der Waals surface area contributed by atoms with E-state index in [9.17, 15) is 4.79 Å². The summed E-state index contributed by atoms with van der Waals surface area (Å²) in [5.74, 6) is 0.382. The van der Waals surface area contributed by atoms with Crippen LogP contribution in [0.4, 0.5) is 5.82 Å². The summed E-state index contributed by atoms with van der Waals surface area (Å²) in [6.07, 6.45) is 4.90. The summed E-state index contributed by atoms with van der Waals surface area (Å²) in [6.45, 7) is 0. The second-order valence-corrected chi connectivity index (χ2v) is 3.57. The molecule has 0 radical (unpaired) electrons. The zero-order valence-electron chi connectivity index (χ0n) is 7.86. The summed E-state index contributed by atoms with van der Waals surface area (Å²) in [4.78, 5) is 15.4. The van der Waals surface area contributed by atoms with Crippen LogP contribution >= 0.6 is 0 Å². The van der Waals surface area contributed by atoms with Gasteiger partial charge in [-0.25, -0.2) is 4.98 Å². The van der Waals surface area contributed by atoms with E-state index in [1.807, 2.05) is 0 Å². The minimum atomic E-state index is -0.0535. The van der Waals surface area contributed by atoms with Gasteiger partial charge in [-0.3, -0.25) is 4.79 Å². The molecule has 1 aliphatic rings. The number of pyridine rings is 1. The zero-order valence-corrected chi connectivity index (χ0v) is 7.86. The molecule has 1 fully saturated rings. The maximum absolute atomic E-state index is 11.6. The Morgan fingerprint density at radius 1 is 1.50 bits per heavy atom. The van der Waals surface area contributed by atoms with Crippen molar-refractivity contribution in [1.29, 1.82) is 0 Å². The van der Waals surface area contributed by atoms with Crippen molar-refractivity contribution in [3.05, 3.63) is 23.9 Å².